The van der Waals surface area contributed by atoms with Gasteiger partial charge in [0.2, 0.25) is 0 Å². The second kappa shape index (κ2) is 2.94. The van der Waals surface area contributed by atoms with E-state index >= 15 is 0 Å². The standard InChI is InChI=1S/C11H11N3/c1-3-10-9(12-6-1)4-5-11(13-10)14-7-2-8-14/h1,3-6H,2,7-8H2. The van der Waals surface area contributed by atoms with E-state index in [1.54, 1.807) is 6.20 Å². The molecule has 0 aliphatic carbocycles. The van der Waals surface area contributed by atoms with Crippen LogP contribution >= 0.6 is 0 Å². The quantitative estimate of drug-likeness (QED) is 0.678. The summed E-state index contributed by atoms with van der Waals surface area (Å²) in [5.41, 5.74) is 1.95. The first-order valence-electron chi connectivity index (χ1n) is 4.90. The van der Waals surface area contributed by atoms with Gasteiger partial charge in [-0.3, -0.25) is 4.98 Å². The summed E-state index contributed by atoms with van der Waals surface area (Å²) >= 11 is 0. The number of hydrogen-bond donors (Lipinski definition) is 0. The molecule has 0 spiro atoms. The van der Waals surface area contributed by atoms with Crippen molar-refractivity contribution in [3.05, 3.63) is 30.5 Å². The van der Waals surface area contributed by atoms with Crippen molar-refractivity contribution in [3.8, 4) is 0 Å². The summed E-state index contributed by atoms with van der Waals surface area (Å²) in [4.78, 5) is 11.1. The molecule has 0 atom stereocenters. The Balaban J connectivity index is 2.10. The predicted molar refractivity (Wildman–Crippen MR) is 56.4 cm³/mol. The number of nitrogens with zero attached hydrogens (tertiary/aromatic N) is 3. The number of aromatic nitrogens is 2. The summed E-state index contributed by atoms with van der Waals surface area (Å²) in [6, 6.07) is 8.02. The zero-order valence-electron chi connectivity index (χ0n) is 7.85. The van der Waals surface area contributed by atoms with Crippen molar-refractivity contribution >= 4 is 16.9 Å². The minimum atomic E-state index is 0.969. The molecule has 70 valence electrons. The number of fused-ring (bicyclic) bond motifs is 1. The summed E-state index contributed by atoms with van der Waals surface area (Å²) in [5, 5.41) is 0. The van der Waals surface area contributed by atoms with Gasteiger partial charge in [0.25, 0.3) is 0 Å². The van der Waals surface area contributed by atoms with Gasteiger partial charge in [-0.05, 0) is 30.7 Å². The molecule has 2 aromatic rings. The molecule has 0 saturated carbocycles. The monoisotopic (exact) mass is 185 g/mol. The molecule has 3 rings (SSSR count). The van der Waals surface area contributed by atoms with Crippen molar-refractivity contribution in [1.82, 2.24) is 9.97 Å². The highest BCUT2D eigenvalue weighted by molar-refractivity contribution is 5.75. The van der Waals surface area contributed by atoms with Gasteiger partial charge in [0.05, 0.1) is 11.0 Å². The molecule has 3 heterocycles. The summed E-state index contributed by atoms with van der Waals surface area (Å²) < 4.78 is 0. The van der Waals surface area contributed by atoms with Crippen LogP contribution in [-0.2, 0) is 0 Å². The van der Waals surface area contributed by atoms with Crippen LogP contribution in [0, 0.1) is 0 Å². The first-order valence-corrected chi connectivity index (χ1v) is 4.90. The van der Waals surface area contributed by atoms with Crippen molar-refractivity contribution in [2.75, 3.05) is 18.0 Å². The highest BCUT2D eigenvalue weighted by Gasteiger charge is 2.15. The fourth-order valence-electron chi connectivity index (χ4n) is 1.67. The van der Waals surface area contributed by atoms with Crippen LogP contribution in [0.15, 0.2) is 30.5 Å². The molecule has 14 heavy (non-hydrogen) atoms. The topological polar surface area (TPSA) is 29.0 Å². The fourth-order valence-corrected chi connectivity index (χ4v) is 1.67. The minimum Gasteiger partial charge on any atom is -0.356 e. The highest BCUT2D eigenvalue weighted by atomic mass is 15.2. The molecule has 0 aromatic carbocycles. The SMILES string of the molecule is c1cnc2ccc(N3CCC3)nc2c1. The molecule has 0 bridgehead atoms. The van der Waals surface area contributed by atoms with Crippen LogP contribution in [0.2, 0.25) is 0 Å². The molecule has 3 heteroatoms. The van der Waals surface area contributed by atoms with Crippen LogP contribution in [0.1, 0.15) is 6.42 Å². The van der Waals surface area contributed by atoms with Crippen LogP contribution in [-0.4, -0.2) is 23.1 Å². The molecular weight excluding hydrogens is 174 g/mol. The van der Waals surface area contributed by atoms with E-state index in [9.17, 15) is 0 Å². The van der Waals surface area contributed by atoms with Crippen molar-refractivity contribution in [2.24, 2.45) is 0 Å². The third-order valence-electron chi connectivity index (χ3n) is 2.62. The van der Waals surface area contributed by atoms with Gasteiger partial charge in [-0.1, -0.05) is 0 Å². The Labute approximate surface area is 82.4 Å². The van der Waals surface area contributed by atoms with E-state index in [1.807, 2.05) is 18.2 Å². The third kappa shape index (κ3) is 1.13. The van der Waals surface area contributed by atoms with Gasteiger partial charge in [0.1, 0.15) is 5.82 Å². The van der Waals surface area contributed by atoms with Gasteiger partial charge in [0, 0.05) is 19.3 Å². The number of pyridine rings is 2. The summed E-state index contributed by atoms with van der Waals surface area (Å²) in [7, 11) is 0. The number of rotatable bonds is 1. The predicted octanol–water partition coefficient (Wildman–Crippen LogP) is 1.84. The van der Waals surface area contributed by atoms with E-state index in [1.165, 1.54) is 6.42 Å². The summed E-state index contributed by atoms with van der Waals surface area (Å²) in [6.07, 6.45) is 3.08. The second-order valence-electron chi connectivity index (χ2n) is 3.55. The van der Waals surface area contributed by atoms with Gasteiger partial charge < -0.3 is 4.90 Å². The lowest BCUT2D eigenvalue weighted by molar-refractivity contribution is 0.611. The minimum absolute atomic E-state index is 0.969. The maximum absolute atomic E-state index is 4.56. The Morgan fingerprint density at radius 3 is 2.79 bits per heavy atom. The third-order valence-corrected chi connectivity index (χ3v) is 2.62. The fraction of sp³-hybridized carbons (Fsp3) is 0.273. The average Bonchev–Trinajstić information content (AvgIpc) is 2.15. The van der Waals surface area contributed by atoms with E-state index in [2.05, 4.69) is 20.9 Å². The van der Waals surface area contributed by atoms with Crippen LogP contribution in [0.3, 0.4) is 0 Å². The van der Waals surface area contributed by atoms with Crippen LogP contribution in [0.4, 0.5) is 5.82 Å². The average molecular weight is 185 g/mol. The molecule has 0 amide bonds. The van der Waals surface area contributed by atoms with Crippen molar-refractivity contribution < 1.29 is 0 Å². The van der Waals surface area contributed by atoms with Crippen molar-refractivity contribution in [2.45, 2.75) is 6.42 Å². The zero-order valence-corrected chi connectivity index (χ0v) is 7.85. The molecule has 1 saturated heterocycles. The van der Waals surface area contributed by atoms with Gasteiger partial charge >= 0.3 is 0 Å². The lowest BCUT2D eigenvalue weighted by atomic mass is 10.2. The van der Waals surface area contributed by atoms with Crippen LogP contribution in [0.5, 0.6) is 0 Å². The van der Waals surface area contributed by atoms with E-state index in [0.717, 1.165) is 29.9 Å². The largest absolute Gasteiger partial charge is 0.356 e. The molecule has 2 aromatic heterocycles. The van der Waals surface area contributed by atoms with Crippen LogP contribution in [0.25, 0.3) is 11.0 Å². The summed E-state index contributed by atoms with van der Waals surface area (Å²) in [5.74, 6) is 1.08. The van der Waals surface area contributed by atoms with E-state index in [0.29, 0.717) is 0 Å². The molecule has 0 unspecified atom stereocenters. The highest BCUT2D eigenvalue weighted by Crippen LogP contribution is 2.20. The molecule has 1 fully saturated rings. The second-order valence-corrected chi connectivity index (χ2v) is 3.55. The van der Waals surface area contributed by atoms with Gasteiger partial charge in [0.15, 0.2) is 0 Å². The smallest absolute Gasteiger partial charge is 0.129 e. The lowest BCUT2D eigenvalue weighted by Gasteiger charge is -2.31. The van der Waals surface area contributed by atoms with Crippen molar-refractivity contribution in [3.63, 3.8) is 0 Å². The van der Waals surface area contributed by atoms with Gasteiger partial charge in [-0.25, -0.2) is 4.98 Å². The summed E-state index contributed by atoms with van der Waals surface area (Å²) in [6.45, 7) is 2.28. The molecule has 3 nitrogen and oxygen atoms in total. The van der Waals surface area contributed by atoms with E-state index in [4.69, 9.17) is 0 Å². The maximum atomic E-state index is 4.56. The first-order chi connectivity index (χ1) is 6.93. The van der Waals surface area contributed by atoms with Crippen molar-refractivity contribution in [1.29, 1.82) is 0 Å². The van der Waals surface area contributed by atoms with Gasteiger partial charge in [-0.15, -0.1) is 0 Å². The van der Waals surface area contributed by atoms with E-state index in [-0.39, 0.29) is 0 Å². The lowest BCUT2D eigenvalue weighted by Crippen LogP contribution is -2.37. The number of anilines is 1. The zero-order chi connectivity index (χ0) is 9.38. The molecule has 0 N–H and O–H groups in total. The van der Waals surface area contributed by atoms with E-state index < -0.39 is 0 Å². The number of hydrogen-bond acceptors (Lipinski definition) is 3. The van der Waals surface area contributed by atoms with Crippen LogP contribution < -0.4 is 4.90 Å². The first kappa shape index (κ1) is 7.74. The molecular formula is C11H11N3. The molecule has 0 radical (unpaired) electrons. The molecule has 1 aliphatic rings. The Morgan fingerprint density at radius 1 is 1.07 bits per heavy atom. The Bertz CT molecular complexity index is 463. The Hall–Kier alpha value is -1.64. The Morgan fingerprint density at radius 2 is 2.00 bits per heavy atom. The Kier molecular flexibility index (Phi) is 1.63. The normalized spacial score (nSPS) is 15.6. The molecule has 1 aliphatic heterocycles. The van der Waals surface area contributed by atoms with Gasteiger partial charge in [-0.2, -0.15) is 0 Å². The maximum Gasteiger partial charge on any atom is 0.129 e.